The topological polar surface area (TPSA) is 70.4 Å². The first-order valence-electron chi connectivity index (χ1n) is 12.3. The molecule has 0 aliphatic heterocycles. The Labute approximate surface area is 231 Å². The second kappa shape index (κ2) is 11.4. The summed E-state index contributed by atoms with van der Waals surface area (Å²) in [5.74, 6) is 1.09. The third kappa shape index (κ3) is 5.47. The number of methoxy groups -OCH3 is 2. The first-order chi connectivity index (χ1) is 19.0. The predicted molar refractivity (Wildman–Crippen MR) is 152 cm³/mol. The van der Waals surface area contributed by atoms with E-state index in [4.69, 9.17) is 26.1 Å². The van der Waals surface area contributed by atoms with Crippen LogP contribution < -0.4 is 9.47 Å². The van der Waals surface area contributed by atoms with E-state index in [0.717, 1.165) is 11.1 Å². The summed E-state index contributed by atoms with van der Waals surface area (Å²) < 4.78 is 12.4. The molecule has 6 nitrogen and oxygen atoms in total. The van der Waals surface area contributed by atoms with Crippen molar-refractivity contribution >= 4 is 23.2 Å². The Hall–Kier alpha value is -4.68. The molecule has 4 aromatic carbocycles. The highest BCUT2D eigenvalue weighted by atomic mass is 35.5. The quantitative estimate of drug-likeness (QED) is 0.190. The van der Waals surface area contributed by atoms with Gasteiger partial charge in [-0.05, 0) is 72.8 Å². The van der Waals surface area contributed by atoms with Crippen molar-refractivity contribution in [2.24, 2.45) is 0 Å². The molecule has 7 heteroatoms. The molecule has 0 spiro atoms. The normalized spacial score (nSPS) is 10.7. The molecule has 39 heavy (non-hydrogen) atoms. The maximum atomic E-state index is 13.8. The first kappa shape index (κ1) is 25.9. The van der Waals surface area contributed by atoms with E-state index >= 15 is 0 Å². The van der Waals surface area contributed by atoms with Gasteiger partial charge in [-0.1, -0.05) is 41.9 Å². The number of ketones is 2. The van der Waals surface area contributed by atoms with Crippen molar-refractivity contribution in [2.75, 3.05) is 14.2 Å². The highest BCUT2D eigenvalue weighted by Crippen LogP contribution is 2.35. The van der Waals surface area contributed by atoms with Crippen LogP contribution in [0.3, 0.4) is 0 Å². The minimum Gasteiger partial charge on any atom is -0.497 e. The van der Waals surface area contributed by atoms with Gasteiger partial charge >= 0.3 is 0 Å². The van der Waals surface area contributed by atoms with E-state index in [2.05, 4.69) is 0 Å². The van der Waals surface area contributed by atoms with E-state index in [0.29, 0.717) is 39.0 Å². The molecule has 0 aliphatic carbocycles. The number of halogens is 1. The van der Waals surface area contributed by atoms with Gasteiger partial charge in [0.1, 0.15) is 11.5 Å². The lowest BCUT2D eigenvalue weighted by Crippen LogP contribution is -2.18. The Morgan fingerprint density at radius 2 is 1.28 bits per heavy atom. The van der Waals surface area contributed by atoms with Crippen LogP contribution >= 0.6 is 11.6 Å². The summed E-state index contributed by atoms with van der Waals surface area (Å²) >= 11 is 6.04. The standard InChI is InChI=1S/C32H25ClN2O4/c1-38-26-16-10-22(11-17-26)29-30(23-12-18-27(39-2)19-13-23)35(20-28(36)21-8-14-25(33)15-9-21)32(34-29)31(37)24-6-4-3-5-7-24/h3-19H,20H2,1-2H3. The highest BCUT2D eigenvalue weighted by Gasteiger charge is 2.26. The van der Waals surface area contributed by atoms with Crippen molar-refractivity contribution in [1.29, 1.82) is 0 Å². The predicted octanol–water partition coefficient (Wildman–Crippen LogP) is 7.00. The van der Waals surface area contributed by atoms with Gasteiger partial charge in [-0.3, -0.25) is 9.59 Å². The molecule has 0 unspecified atom stereocenters. The van der Waals surface area contributed by atoms with Gasteiger partial charge in [-0.15, -0.1) is 0 Å². The summed E-state index contributed by atoms with van der Waals surface area (Å²) in [7, 11) is 3.20. The Bertz CT molecular complexity index is 1610. The average Bonchev–Trinajstić information content (AvgIpc) is 3.36. The summed E-state index contributed by atoms with van der Waals surface area (Å²) in [6.07, 6.45) is 0. The third-order valence-corrected chi connectivity index (χ3v) is 6.65. The van der Waals surface area contributed by atoms with Gasteiger partial charge in [0, 0.05) is 27.3 Å². The van der Waals surface area contributed by atoms with Gasteiger partial charge in [0.05, 0.1) is 32.2 Å². The fraction of sp³-hybridized carbons (Fsp3) is 0.0938. The average molecular weight is 537 g/mol. The molecule has 0 fully saturated rings. The zero-order valence-electron chi connectivity index (χ0n) is 21.4. The smallest absolute Gasteiger partial charge is 0.228 e. The number of nitrogens with zero attached hydrogens (tertiary/aromatic N) is 2. The molecule has 0 radical (unpaired) electrons. The van der Waals surface area contributed by atoms with Crippen LogP contribution in [0, 0.1) is 0 Å². The van der Waals surface area contributed by atoms with Crippen molar-refractivity contribution in [3.05, 3.63) is 125 Å². The fourth-order valence-electron chi connectivity index (χ4n) is 4.36. The van der Waals surface area contributed by atoms with Crippen LogP contribution in [0.2, 0.25) is 5.02 Å². The number of imidazole rings is 1. The molecular weight excluding hydrogens is 512 g/mol. The van der Waals surface area contributed by atoms with Crippen LogP contribution in [0.4, 0.5) is 0 Å². The number of Topliss-reactive ketones (excluding diaryl/α,β-unsaturated/α-hetero) is 1. The number of benzene rings is 4. The SMILES string of the molecule is COc1ccc(-c2nc(C(=O)c3ccccc3)n(CC(=O)c3ccc(Cl)cc3)c2-c2ccc(OC)cc2)cc1. The van der Waals surface area contributed by atoms with Gasteiger partial charge in [0.25, 0.3) is 0 Å². The number of carbonyl (C=O) groups excluding carboxylic acids is 2. The second-order valence-electron chi connectivity index (χ2n) is 8.80. The number of hydrogen-bond acceptors (Lipinski definition) is 5. The summed E-state index contributed by atoms with van der Waals surface area (Å²) in [5, 5.41) is 0.537. The number of carbonyl (C=O) groups is 2. The van der Waals surface area contributed by atoms with Gasteiger partial charge in [0.2, 0.25) is 5.78 Å². The molecule has 1 heterocycles. The van der Waals surface area contributed by atoms with E-state index in [1.165, 1.54) is 0 Å². The Morgan fingerprint density at radius 3 is 1.85 bits per heavy atom. The largest absolute Gasteiger partial charge is 0.497 e. The second-order valence-corrected chi connectivity index (χ2v) is 9.24. The summed E-state index contributed by atoms with van der Waals surface area (Å²) in [6, 6.07) is 30.5. The molecule has 194 valence electrons. The molecule has 0 N–H and O–H groups in total. The monoisotopic (exact) mass is 536 g/mol. The van der Waals surface area contributed by atoms with Crippen LogP contribution in [-0.2, 0) is 6.54 Å². The van der Waals surface area contributed by atoms with Crippen molar-refractivity contribution in [3.8, 4) is 34.0 Å². The molecule has 0 amide bonds. The van der Waals surface area contributed by atoms with Crippen molar-refractivity contribution in [2.45, 2.75) is 6.54 Å². The van der Waals surface area contributed by atoms with Crippen LogP contribution in [0.25, 0.3) is 22.5 Å². The van der Waals surface area contributed by atoms with Crippen LogP contribution in [-0.4, -0.2) is 35.3 Å². The Balaban J connectivity index is 1.73. The van der Waals surface area contributed by atoms with E-state index in [1.807, 2.05) is 54.6 Å². The lowest BCUT2D eigenvalue weighted by Gasteiger charge is -2.13. The lowest BCUT2D eigenvalue weighted by molar-refractivity contribution is 0.0967. The lowest BCUT2D eigenvalue weighted by atomic mass is 10.0. The molecule has 0 bridgehead atoms. The zero-order valence-corrected chi connectivity index (χ0v) is 22.2. The molecule has 0 atom stereocenters. The number of rotatable bonds is 9. The minimum atomic E-state index is -0.283. The zero-order chi connectivity index (χ0) is 27.4. The molecule has 0 saturated carbocycles. The molecular formula is C32H25ClN2O4. The van der Waals surface area contributed by atoms with E-state index in [9.17, 15) is 9.59 Å². The van der Waals surface area contributed by atoms with Gasteiger partial charge < -0.3 is 14.0 Å². The Kier molecular flexibility index (Phi) is 7.57. The van der Waals surface area contributed by atoms with Crippen LogP contribution in [0.15, 0.2) is 103 Å². The number of aromatic nitrogens is 2. The van der Waals surface area contributed by atoms with Gasteiger partial charge in [-0.25, -0.2) is 4.98 Å². The van der Waals surface area contributed by atoms with Gasteiger partial charge in [0.15, 0.2) is 11.6 Å². The summed E-state index contributed by atoms with van der Waals surface area (Å²) in [4.78, 5) is 32.2. The summed E-state index contributed by atoms with van der Waals surface area (Å²) in [5.41, 5.74) is 3.74. The van der Waals surface area contributed by atoms with Crippen molar-refractivity contribution < 1.29 is 19.1 Å². The number of ether oxygens (including phenoxy) is 2. The van der Waals surface area contributed by atoms with Crippen LogP contribution in [0.5, 0.6) is 11.5 Å². The Morgan fingerprint density at radius 1 is 0.718 bits per heavy atom. The van der Waals surface area contributed by atoms with E-state index in [-0.39, 0.29) is 23.9 Å². The minimum absolute atomic E-state index is 0.0972. The van der Waals surface area contributed by atoms with Crippen LogP contribution in [0.1, 0.15) is 26.5 Å². The number of hydrogen-bond donors (Lipinski definition) is 0. The molecule has 5 aromatic rings. The molecule has 0 aliphatic rings. The summed E-state index contributed by atoms with van der Waals surface area (Å²) in [6.45, 7) is -0.0972. The van der Waals surface area contributed by atoms with E-state index in [1.54, 1.807) is 67.3 Å². The maximum absolute atomic E-state index is 13.8. The third-order valence-electron chi connectivity index (χ3n) is 6.40. The fourth-order valence-corrected chi connectivity index (χ4v) is 4.49. The van der Waals surface area contributed by atoms with Crippen molar-refractivity contribution in [1.82, 2.24) is 9.55 Å². The van der Waals surface area contributed by atoms with Crippen molar-refractivity contribution in [3.63, 3.8) is 0 Å². The van der Waals surface area contributed by atoms with Gasteiger partial charge in [-0.2, -0.15) is 0 Å². The van der Waals surface area contributed by atoms with E-state index < -0.39 is 0 Å². The maximum Gasteiger partial charge on any atom is 0.228 e. The molecule has 5 rings (SSSR count). The molecule has 0 saturated heterocycles. The first-order valence-corrected chi connectivity index (χ1v) is 12.6. The highest BCUT2D eigenvalue weighted by molar-refractivity contribution is 6.30. The molecule has 1 aromatic heterocycles.